The van der Waals surface area contributed by atoms with E-state index >= 15 is 0 Å². The molecular weight excluding hydrogens is 340 g/mol. The van der Waals surface area contributed by atoms with Gasteiger partial charge in [-0.2, -0.15) is 5.10 Å². The standard InChI is InChI=1S/C18H19ClN4O2/c1-12(13-5-4-6-14(20)11-13)22-23-18(25)10-9-17(24)21-16-8-3-2-7-15(16)19/h2-8,11H,9-10,20H2,1H3,(H,21,24)(H,23,25)/b22-12+. The second kappa shape index (κ2) is 8.84. The van der Waals surface area contributed by atoms with Crippen LogP contribution in [0.4, 0.5) is 11.4 Å². The molecule has 2 rings (SSSR count). The van der Waals surface area contributed by atoms with Crippen LogP contribution in [0.5, 0.6) is 0 Å². The van der Waals surface area contributed by atoms with Gasteiger partial charge in [-0.3, -0.25) is 9.59 Å². The van der Waals surface area contributed by atoms with E-state index in [9.17, 15) is 9.59 Å². The molecule has 0 aliphatic rings. The number of benzene rings is 2. The van der Waals surface area contributed by atoms with Crippen molar-refractivity contribution in [1.29, 1.82) is 0 Å². The number of nitrogen functional groups attached to an aromatic ring is 1. The van der Waals surface area contributed by atoms with Crippen molar-refractivity contribution in [3.8, 4) is 0 Å². The first-order chi connectivity index (χ1) is 12.0. The molecule has 6 nitrogen and oxygen atoms in total. The highest BCUT2D eigenvalue weighted by Crippen LogP contribution is 2.20. The monoisotopic (exact) mass is 358 g/mol. The summed E-state index contributed by atoms with van der Waals surface area (Å²) in [6.45, 7) is 1.76. The van der Waals surface area contributed by atoms with Gasteiger partial charge in [0.15, 0.2) is 0 Å². The minimum Gasteiger partial charge on any atom is -0.399 e. The third kappa shape index (κ3) is 5.93. The summed E-state index contributed by atoms with van der Waals surface area (Å²) in [6.07, 6.45) is 0.0495. The summed E-state index contributed by atoms with van der Waals surface area (Å²) in [5, 5.41) is 7.13. The smallest absolute Gasteiger partial charge is 0.240 e. The first-order valence-corrected chi connectivity index (χ1v) is 8.07. The van der Waals surface area contributed by atoms with E-state index in [-0.39, 0.29) is 24.7 Å². The van der Waals surface area contributed by atoms with Gasteiger partial charge in [-0.1, -0.05) is 35.9 Å². The van der Waals surface area contributed by atoms with E-state index in [2.05, 4.69) is 15.8 Å². The van der Waals surface area contributed by atoms with E-state index in [0.29, 0.717) is 22.1 Å². The summed E-state index contributed by atoms with van der Waals surface area (Å²) >= 11 is 5.96. The lowest BCUT2D eigenvalue weighted by molar-refractivity contribution is -0.124. The number of nitrogens with one attached hydrogen (secondary N) is 2. The number of halogens is 1. The molecule has 7 heteroatoms. The highest BCUT2D eigenvalue weighted by Gasteiger charge is 2.08. The van der Waals surface area contributed by atoms with E-state index in [1.54, 1.807) is 43.3 Å². The molecule has 2 aromatic rings. The predicted molar refractivity (Wildman–Crippen MR) is 101 cm³/mol. The van der Waals surface area contributed by atoms with Crippen molar-refractivity contribution in [2.45, 2.75) is 19.8 Å². The number of nitrogens with zero attached hydrogens (tertiary/aromatic N) is 1. The van der Waals surface area contributed by atoms with E-state index < -0.39 is 0 Å². The molecule has 2 aromatic carbocycles. The number of hydrogen-bond donors (Lipinski definition) is 3. The van der Waals surface area contributed by atoms with E-state index in [4.69, 9.17) is 17.3 Å². The van der Waals surface area contributed by atoms with Gasteiger partial charge in [-0.25, -0.2) is 5.43 Å². The molecule has 0 radical (unpaired) electrons. The average molecular weight is 359 g/mol. The third-order valence-electron chi connectivity index (χ3n) is 3.38. The van der Waals surface area contributed by atoms with Crippen LogP contribution in [-0.4, -0.2) is 17.5 Å². The minimum atomic E-state index is -0.349. The molecule has 0 bridgehead atoms. The van der Waals surface area contributed by atoms with Crippen molar-refractivity contribution in [3.05, 3.63) is 59.1 Å². The van der Waals surface area contributed by atoms with Crippen LogP contribution < -0.4 is 16.5 Å². The lowest BCUT2D eigenvalue weighted by Crippen LogP contribution is -2.21. The fraction of sp³-hybridized carbons (Fsp3) is 0.167. The van der Waals surface area contributed by atoms with Gasteiger partial charge in [0.2, 0.25) is 11.8 Å². The molecular formula is C18H19ClN4O2. The van der Waals surface area contributed by atoms with Gasteiger partial charge in [-0.15, -0.1) is 0 Å². The van der Waals surface area contributed by atoms with Crippen LogP contribution in [0.3, 0.4) is 0 Å². The van der Waals surface area contributed by atoms with Gasteiger partial charge >= 0.3 is 0 Å². The van der Waals surface area contributed by atoms with Gasteiger partial charge < -0.3 is 11.1 Å². The van der Waals surface area contributed by atoms with E-state index in [0.717, 1.165) is 5.56 Å². The first-order valence-electron chi connectivity index (χ1n) is 7.69. The molecule has 0 aromatic heterocycles. The number of rotatable bonds is 6. The molecule has 2 amide bonds. The molecule has 130 valence electrons. The highest BCUT2D eigenvalue weighted by atomic mass is 35.5. The normalized spacial score (nSPS) is 11.0. The van der Waals surface area contributed by atoms with E-state index in [1.165, 1.54) is 0 Å². The summed E-state index contributed by atoms with van der Waals surface area (Å²) in [5.41, 5.74) is 10.7. The maximum atomic E-state index is 11.9. The van der Waals surface area contributed by atoms with Crippen LogP contribution >= 0.6 is 11.6 Å². The Balaban J connectivity index is 1.81. The largest absolute Gasteiger partial charge is 0.399 e. The van der Waals surface area contributed by atoms with E-state index in [1.807, 2.05) is 12.1 Å². The predicted octanol–water partition coefficient (Wildman–Crippen LogP) is 3.18. The molecule has 0 spiro atoms. The maximum Gasteiger partial charge on any atom is 0.240 e. The summed E-state index contributed by atoms with van der Waals surface area (Å²) in [4.78, 5) is 23.7. The molecule has 0 saturated heterocycles. The van der Waals surface area contributed by atoms with Gasteiger partial charge in [0.25, 0.3) is 0 Å². The number of anilines is 2. The zero-order valence-electron chi connectivity index (χ0n) is 13.8. The molecule has 4 N–H and O–H groups in total. The van der Waals surface area contributed by atoms with Gasteiger partial charge in [0.05, 0.1) is 16.4 Å². The SMILES string of the molecule is C/C(=N\NC(=O)CCC(=O)Nc1ccccc1Cl)c1cccc(N)c1. The number of carbonyl (C=O) groups excluding carboxylic acids is 2. The second-order valence-electron chi connectivity index (χ2n) is 5.39. The lowest BCUT2D eigenvalue weighted by atomic mass is 10.1. The Morgan fingerprint density at radius 3 is 2.52 bits per heavy atom. The quantitative estimate of drug-likeness (QED) is 0.420. The number of hydrazone groups is 1. The van der Waals surface area contributed by atoms with Crippen LogP contribution in [0.25, 0.3) is 0 Å². The first kappa shape index (κ1) is 18.5. The van der Waals surface area contributed by atoms with Crippen LogP contribution in [-0.2, 0) is 9.59 Å². The Morgan fingerprint density at radius 2 is 1.80 bits per heavy atom. The molecule has 25 heavy (non-hydrogen) atoms. The van der Waals surface area contributed by atoms with Crippen LogP contribution in [0.2, 0.25) is 5.02 Å². The molecule has 0 saturated carbocycles. The minimum absolute atomic E-state index is 0.0179. The van der Waals surface area contributed by atoms with Crippen molar-refractivity contribution < 1.29 is 9.59 Å². The molecule has 0 fully saturated rings. The topological polar surface area (TPSA) is 96.6 Å². The summed E-state index contributed by atoms with van der Waals surface area (Å²) in [5.74, 6) is -0.641. The third-order valence-corrected chi connectivity index (χ3v) is 3.71. The van der Waals surface area contributed by atoms with Crippen molar-refractivity contribution >= 4 is 40.5 Å². The number of amides is 2. The Bertz CT molecular complexity index is 805. The molecule has 0 heterocycles. The molecule has 0 atom stereocenters. The number of hydrogen-bond acceptors (Lipinski definition) is 4. The Labute approximate surface area is 151 Å². The van der Waals surface area contributed by atoms with Gasteiger partial charge in [-0.05, 0) is 36.8 Å². The zero-order chi connectivity index (χ0) is 18.2. The van der Waals surface area contributed by atoms with Crippen LogP contribution in [0, 0.1) is 0 Å². The van der Waals surface area contributed by atoms with Crippen molar-refractivity contribution in [1.82, 2.24) is 5.43 Å². The Hall–Kier alpha value is -2.86. The number of para-hydroxylation sites is 1. The lowest BCUT2D eigenvalue weighted by Gasteiger charge is -2.07. The van der Waals surface area contributed by atoms with Crippen LogP contribution in [0.1, 0.15) is 25.3 Å². The van der Waals surface area contributed by atoms with Gasteiger partial charge in [0.1, 0.15) is 0 Å². The molecule has 0 aliphatic heterocycles. The molecule has 0 aliphatic carbocycles. The zero-order valence-corrected chi connectivity index (χ0v) is 14.5. The number of nitrogens with two attached hydrogens (primary N) is 1. The second-order valence-corrected chi connectivity index (χ2v) is 5.79. The summed E-state index contributed by atoms with van der Waals surface area (Å²) in [6, 6.07) is 14.1. The summed E-state index contributed by atoms with van der Waals surface area (Å²) < 4.78 is 0. The Morgan fingerprint density at radius 1 is 1.08 bits per heavy atom. The fourth-order valence-electron chi connectivity index (χ4n) is 2.03. The van der Waals surface area contributed by atoms with Crippen molar-refractivity contribution in [3.63, 3.8) is 0 Å². The maximum absolute atomic E-state index is 11.9. The highest BCUT2D eigenvalue weighted by molar-refractivity contribution is 6.33. The molecule has 0 unspecified atom stereocenters. The van der Waals surface area contributed by atoms with Crippen molar-refractivity contribution in [2.75, 3.05) is 11.1 Å². The number of carbonyl (C=O) groups is 2. The average Bonchev–Trinajstić information content (AvgIpc) is 2.60. The summed E-state index contributed by atoms with van der Waals surface area (Å²) in [7, 11) is 0. The van der Waals surface area contributed by atoms with Gasteiger partial charge in [0, 0.05) is 18.5 Å². The van der Waals surface area contributed by atoms with Crippen molar-refractivity contribution in [2.24, 2.45) is 5.10 Å². The Kier molecular flexibility index (Phi) is 6.54. The fourth-order valence-corrected chi connectivity index (χ4v) is 2.22. The van der Waals surface area contributed by atoms with Crippen LogP contribution in [0.15, 0.2) is 53.6 Å².